The minimum Gasteiger partial charge on any atom is -0.355 e. The van der Waals surface area contributed by atoms with Gasteiger partial charge in [0, 0.05) is 18.8 Å². The molecule has 18 heavy (non-hydrogen) atoms. The largest absolute Gasteiger partial charge is 0.355 e. The second kappa shape index (κ2) is 8.62. The molecule has 0 aliphatic rings. The molecule has 96 valence electrons. The standard InChI is InChI=1S/C14H18N2OS/c1-2-9-18-10-8-16-14(17)13(11-15)12-6-4-3-5-7-12/h1,3-7,13H,8-11,15H2,(H,16,17). The van der Waals surface area contributed by atoms with E-state index in [2.05, 4.69) is 11.2 Å². The molecule has 0 aliphatic carbocycles. The molecule has 0 heterocycles. The van der Waals surface area contributed by atoms with Crippen LogP contribution in [0.25, 0.3) is 0 Å². The molecular weight excluding hydrogens is 244 g/mol. The van der Waals surface area contributed by atoms with Crippen LogP contribution in [0.5, 0.6) is 0 Å². The summed E-state index contributed by atoms with van der Waals surface area (Å²) in [4.78, 5) is 12.0. The first-order valence-corrected chi connectivity index (χ1v) is 6.99. The third-order valence-electron chi connectivity index (χ3n) is 2.49. The molecule has 1 unspecified atom stereocenters. The van der Waals surface area contributed by atoms with Crippen molar-refractivity contribution in [3.63, 3.8) is 0 Å². The van der Waals surface area contributed by atoms with Crippen molar-refractivity contribution >= 4 is 17.7 Å². The maximum atomic E-state index is 12.0. The Morgan fingerprint density at radius 3 is 2.78 bits per heavy atom. The topological polar surface area (TPSA) is 55.1 Å². The molecule has 4 heteroatoms. The Labute approximate surface area is 113 Å². The summed E-state index contributed by atoms with van der Waals surface area (Å²) in [6.45, 7) is 0.932. The number of rotatable bonds is 7. The molecule has 0 aromatic heterocycles. The lowest BCUT2D eigenvalue weighted by Crippen LogP contribution is -2.34. The summed E-state index contributed by atoms with van der Waals surface area (Å²) < 4.78 is 0. The minimum atomic E-state index is -0.274. The van der Waals surface area contributed by atoms with Gasteiger partial charge >= 0.3 is 0 Å². The predicted octanol–water partition coefficient (Wildman–Crippen LogP) is 1.21. The van der Waals surface area contributed by atoms with E-state index in [1.54, 1.807) is 11.8 Å². The highest BCUT2D eigenvalue weighted by atomic mass is 32.2. The quantitative estimate of drug-likeness (QED) is 0.574. The van der Waals surface area contributed by atoms with Crippen molar-refractivity contribution in [2.24, 2.45) is 5.73 Å². The van der Waals surface area contributed by atoms with Crippen molar-refractivity contribution in [3.05, 3.63) is 35.9 Å². The number of nitrogens with one attached hydrogen (secondary N) is 1. The molecule has 3 nitrogen and oxygen atoms in total. The summed E-state index contributed by atoms with van der Waals surface area (Å²) in [6.07, 6.45) is 5.14. The predicted molar refractivity (Wildman–Crippen MR) is 77.4 cm³/mol. The summed E-state index contributed by atoms with van der Waals surface area (Å²) in [5, 5.41) is 2.88. The molecule has 1 amide bonds. The fourth-order valence-electron chi connectivity index (χ4n) is 1.58. The molecule has 0 aliphatic heterocycles. The van der Waals surface area contributed by atoms with Crippen molar-refractivity contribution in [2.45, 2.75) is 5.92 Å². The second-order valence-electron chi connectivity index (χ2n) is 3.75. The molecular formula is C14H18N2OS. The normalized spacial score (nSPS) is 11.6. The lowest BCUT2D eigenvalue weighted by molar-refractivity contribution is -0.122. The van der Waals surface area contributed by atoms with Gasteiger partial charge in [-0.05, 0) is 5.56 Å². The highest BCUT2D eigenvalue weighted by Gasteiger charge is 2.17. The van der Waals surface area contributed by atoms with E-state index in [0.717, 1.165) is 11.3 Å². The number of benzene rings is 1. The minimum absolute atomic E-state index is 0.0231. The highest BCUT2D eigenvalue weighted by Crippen LogP contribution is 2.13. The zero-order chi connectivity index (χ0) is 13.2. The van der Waals surface area contributed by atoms with E-state index in [1.165, 1.54) is 0 Å². The Hall–Kier alpha value is -1.44. The summed E-state index contributed by atoms with van der Waals surface area (Å²) >= 11 is 1.63. The van der Waals surface area contributed by atoms with E-state index >= 15 is 0 Å². The Morgan fingerprint density at radius 2 is 2.17 bits per heavy atom. The third kappa shape index (κ3) is 4.82. The second-order valence-corrected chi connectivity index (χ2v) is 4.85. The van der Waals surface area contributed by atoms with Gasteiger partial charge in [-0.3, -0.25) is 4.79 Å². The molecule has 1 aromatic carbocycles. The summed E-state index contributed by atoms with van der Waals surface area (Å²) in [6, 6.07) is 9.59. The molecule has 1 rings (SSSR count). The zero-order valence-electron chi connectivity index (χ0n) is 10.3. The van der Waals surface area contributed by atoms with Gasteiger partial charge in [-0.1, -0.05) is 36.3 Å². The van der Waals surface area contributed by atoms with Crippen molar-refractivity contribution in [3.8, 4) is 12.3 Å². The third-order valence-corrected chi connectivity index (χ3v) is 3.35. The SMILES string of the molecule is C#CCSCCNC(=O)C(CN)c1ccccc1. The summed E-state index contributed by atoms with van der Waals surface area (Å²) in [7, 11) is 0. The van der Waals surface area contributed by atoms with Gasteiger partial charge in [0.25, 0.3) is 0 Å². The number of hydrogen-bond acceptors (Lipinski definition) is 3. The highest BCUT2D eigenvalue weighted by molar-refractivity contribution is 7.99. The van der Waals surface area contributed by atoms with Crippen LogP contribution in [-0.4, -0.2) is 30.5 Å². The lowest BCUT2D eigenvalue weighted by atomic mass is 9.98. The van der Waals surface area contributed by atoms with Gasteiger partial charge in [0.1, 0.15) is 0 Å². The smallest absolute Gasteiger partial charge is 0.228 e. The van der Waals surface area contributed by atoms with Crippen LogP contribution in [0.2, 0.25) is 0 Å². The van der Waals surface area contributed by atoms with E-state index in [-0.39, 0.29) is 11.8 Å². The van der Waals surface area contributed by atoms with Gasteiger partial charge in [0.2, 0.25) is 5.91 Å². The van der Waals surface area contributed by atoms with Crippen LogP contribution in [0.15, 0.2) is 30.3 Å². The van der Waals surface area contributed by atoms with Crippen LogP contribution in [0.3, 0.4) is 0 Å². The number of carbonyl (C=O) groups is 1. The van der Waals surface area contributed by atoms with Crippen LogP contribution in [-0.2, 0) is 4.79 Å². The molecule has 1 aromatic rings. The van der Waals surface area contributed by atoms with E-state index in [1.807, 2.05) is 30.3 Å². The lowest BCUT2D eigenvalue weighted by Gasteiger charge is -2.15. The fourth-order valence-corrected chi connectivity index (χ4v) is 2.09. The van der Waals surface area contributed by atoms with Gasteiger partial charge in [0.15, 0.2) is 0 Å². The summed E-state index contributed by atoms with van der Waals surface area (Å²) in [5.74, 6) is 3.75. The number of thioether (sulfide) groups is 1. The maximum Gasteiger partial charge on any atom is 0.228 e. The van der Waals surface area contributed by atoms with E-state index < -0.39 is 0 Å². The monoisotopic (exact) mass is 262 g/mol. The summed E-state index contributed by atoms with van der Waals surface area (Å²) in [5.41, 5.74) is 6.62. The van der Waals surface area contributed by atoms with Crippen molar-refractivity contribution in [1.29, 1.82) is 0 Å². The molecule has 3 N–H and O–H groups in total. The number of nitrogens with two attached hydrogens (primary N) is 1. The van der Waals surface area contributed by atoms with Crippen LogP contribution in [0.4, 0.5) is 0 Å². The van der Waals surface area contributed by atoms with Crippen molar-refractivity contribution < 1.29 is 4.79 Å². The Balaban J connectivity index is 2.42. The number of hydrogen-bond donors (Lipinski definition) is 2. The van der Waals surface area contributed by atoms with Gasteiger partial charge < -0.3 is 11.1 Å². The van der Waals surface area contributed by atoms with Gasteiger partial charge in [0.05, 0.1) is 11.7 Å². The first-order valence-electron chi connectivity index (χ1n) is 5.83. The first kappa shape index (κ1) is 14.6. The van der Waals surface area contributed by atoms with Crippen LogP contribution in [0, 0.1) is 12.3 Å². The Kier molecular flexibility index (Phi) is 7.00. The average molecular weight is 262 g/mol. The molecule has 0 bridgehead atoms. The Morgan fingerprint density at radius 1 is 1.44 bits per heavy atom. The van der Waals surface area contributed by atoms with Crippen LogP contribution in [0.1, 0.15) is 11.5 Å². The van der Waals surface area contributed by atoms with Gasteiger partial charge in [-0.2, -0.15) is 0 Å². The maximum absolute atomic E-state index is 12.0. The number of carbonyl (C=O) groups excluding carboxylic acids is 1. The fraction of sp³-hybridized carbons (Fsp3) is 0.357. The van der Waals surface area contributed by atoms with E-state index in [0.29, 0.717) is 18.8 Å². The molecule has 0 radical (unpaired) electrons. The van der Waals surface area contributed by atoms with Crippen LogP contribution < -0.4 is 11.1 Å². The number of terminal acetylenes is 1. The molecule has 0 spiro atoms. The van der Waals surface area contributed by atoms with Crippen LogP contribution >= 0.6 is 11.8 Å². The van der Waals surface area contributed by atoms with Gasteiger partial charge in [-0.25, -0.2) is 0 Å². The van der Waals surface area contributed by atoms with Gasteiger partial charge in [-0.15, -0.1) is 18.2 Å². The Bertz CT molecular complexity index is 400. The number of amides is 1. The molecule has 0 saturated heterocycles. The van der Waals surface area contributed by atoms with E-state index in [9.17, 15) is 4.79 Å². The first-order chi connectivity index (χ1) is 8.79. The molecule has 0 saturated carbocycles. The molecule has 0 fully saturated rings. The average Bonchev–Trinajstić information content (AvgIpc) is 2.40. The zero-order valence-corrected chi connectivity index (χ0v) is 11.1. The van der Waals surface area contributed by atoms with Crippen molar-refractivity contribution in [2.75, 3.05) is 24.6 Å². The van der Waals surface area contributed by atoms with Crippen molar-refractivity contribution in [1.82, 2.24) is 5.32 Å². The molecule has 1 atom stereocenters. The van der Waals surface area contributed by atoms with E-state index in [4.69, 9.17) is 12.2 Å².